The fourth-order valence-electron chi connectivity index (χ4n) is 5.47. The lowest BCUT2D eigenvalue weighted by Gasteiger charge is -2.31. The summed E-state index contributed by atoms with van der Waals surface area (Å²) in [5, 5.41) is 0. The van der Waals surface area contributed by atoms with Gasteiger partial charge in [0.15, 0.2) is 0 Å². The molecule has 1 heterocycles. The van der Waals surface area contributed by atoms with E-state index in [4.69, 9.17) is 15.2 Å². The van der Waals surface area contributed by atoms with Crippen molar-refractivity contribution in [3.8, 4) is 22.8 Å². The number of nitrogens with zero attached hydrogens (tertiary/aromatic N) is 2. The van der Waals surface area contributed by atoms with Gasteiger partial charge in [0.25, 0.3) is 0 Å². The number of urea groups is 1. The minimum atomic E-state index is -0.810. The normalized spacial score (nSPS) is 13.7. The summed E-state index contributed by atoms with van der Waals surface area (Å²) in [6, 6.07) is 15.2. The van der Waals surface area contributed by atoms with Crippen molar-refractivity contribution in [1.29, 1.82) is 0 Å². The molecule has 0 radical (unpaired) electrons. The molecule has 0 unspecified atom stereocenters. The summed E-state index contributed by atoms with van der Waals surface area (Å²) in [6.07, 6.45) is 3.53. The molecule has 43 heavy (non-hydrogen) atoms. The Bertz CT molecular complexity index is 1420. The highest BCUT2D eigenvalue weighted by Crippen LogP contribution is 2.45. The Kier molecular flexibility index (Phi) is 10.6. The number of benzene rings is 2. The van der Waals surface area contributed by atoms with Gasteiger partial charge < -0.3 is 15.2 Å². The van der Waals surface area contributed by atoms with Crippen molar-refractivity contribution >= 4 is 11.9 Å². The van der Waals surface area contributed by atoms with Gasteiger partial charge in [0.1, 0.15) is 18.2 Å². The first kappa shape index (κ1) is 31.7. The number of rotatable bonds is 13. The smallest absolute Gasteiger partial charge is 0.330 e. The number of hydrogen-bond acceptors (Lipinski definition) is 6. The topological polar surface area (TPSA) is 119 Å². The van der Waals surface area contributed by atoms with E-state index in [1.54, 1.807) is 6.07 Å². The fourth-order valence-corrected chi connectivity index (χ4v) is 5.47. The van der Waals surface area contributed by atoms with E-state index < -0.39 is 11.8 Å². The van der Waals surface area contributed by atoms with Crippen molar-refractivity contribution in [2.75, 3.05) is 7.11 Å². The lowest BCUT2D eigenvalue weighted by atomic mass is 9.90. The first-order valence-electron chi connectivity index (χ1n) is 14.7. The van der Waals surface area contributed by atoms with Crippen LogP contribution in [-0.2, 0) is 17.9 Å². The average Bonchev–Trinajstić information content (AvgIpc) is 3.82. The van der Waals surface area contributed by atoms with Gasteiger partial charge in [-0.2, -0.15) is 0 Å². The van der Waals surface area contributed by atoms with Gasteiger partial charge in [-0.15, -0.1) is 0 Å². The maximum atomic E-state index is 15.0. The number of aromatic nitrogens is 1. The van der Waals surface area contributed by atoms with Crippen molar-refractivity contribution < 1.29 is 23.5 Å². The predicted molar refractivity (Wildman–Crippen MR) is 164 cm³/mol. The van der Waals surface area contributed by atoms with E-state index in [2.05, 4.69) is 54.5 Å². The average molecular weight is 592 g/mol. The molecule has 4 N–H and O–H groups in total. The molecule has 1 saturated carbocycles. The molecule has 1 atom stereocenters. The summed E-state index contributed by atoms with van der Waals surface area (Å²) >= 11 is 0. The number of amides is 3. The molecule has 1 aliphatic rings. The highest BCUT2D eigenvalue weighted by atomic mass is 19.1. The minimum absolute atomic E-state index is 0.00872. The molecule has 3 aromatic rings. The second-order valence-corrected chi connectivity index (χ2v) is 11.6. The maximum Gasteiger partial charge on any atom is 0.330 e. The zero-order valence-electron chi connectivity index (χ0n) is 25.5. The van der Waals surface area contributed by atoms with Gasteiger partial charge >= 0.3 is 6.03 Å². The van der Waals surface area contributed by atoms with Crippen molar-refractivity contribution in [3.63, 3.8) is 0 Å². The van der Waals surface area contributed by atoms with Crippen LogP contribution in [0.5, 0.6) is 11.6 Å². The summed E-state index contributed by atoms with van der Waals surface area (Å²) in [5.41, 5.74) is 13.7. The third-order valence-electron chi connectivity index (χ3n) is 7.79. The van der Waals surface area contributed by atoms with Gasteiger partial charge in [-0.25, -0.2) is 19.6 Å². The molecule has 0 aliphatic heterocycles. The number of carbonyl (C=O) groups excluding carboxylic acids is 2. The van der Waals surface area contributed by atoms with E-state index in [-0.39, 0.29) is 18.2 Å². The number of nitrogens with two attached hydrogens (primary N) is 1. The molecule has 0 saturated heterocycles. The van der Waals surface area contributed by atoms with Crippen LogP contribution < -0.4 is 26.1 Å². The van der Waals surface area contributed by atoms with E-state index in [0.717, 1.165) is 35.1 Å². The first-order chi connectivity index (χ1) is 20.5. The van der Waals surface area contributed by atoms with Crippen LogP contribution in [0.15, 0.2) is 54.7 Å². The molecule has 0 spiro atoms. The Morgan fingerprint density at radius 1 is 1.05 bits per heavy atom. The largest absolute Gasteiger partial charge is 0.489 e. The number of hydrazine groups is 1. The number of methoxy groups -OCH3 is 1. The molecule has 230 valence electrons. The Labute approximate surface area is 252 Å². The van der Waals surface area contributed by atoms with E-state index in [1.165, 1.54) is 13.3 Å². The number of nitrogens with one attached hydrogen (secondary N) is 2. The Morgan fingerprint density at radius 3 is 2.44 bits per heavy atom. The number of pyridine rings is 1. The minimum Gasteiger partial charge on any atom is -0.489 e. The SMILES string of the molecule is COc1cc(-c2ccc(COc3cccc([C@@H](CC(=O)NNC(N)=O)C4CC4)c3)cc2CN(C(C)C)C(C)C)c(F)cn1. The molecule has 2 aromatic carbocycles. The van der Waals surface area contributed by atoms with E-state index >= 15 is 4.39 Å². The number of halogens is 1. The van der Waals surface area contributed by atoms with Crippen LogP contribution in [0.3, 0.4) is 0 Å². The van der Waals surface area contributed by atoms with Crippen molar-refractivity contribution in [1.82, 2.24) is 20.7 Å². The van der Waals surface area contributed by atoms with Gasteiger partial charge in [0, 0.05) is 36.7 Å². The molecule has 1 fully saturated rings. The lowest BCUT2D eigenvalue weighted by Crippen LogP contribution is -2.44. The zero-order chi connectivity index (χ0) is 31.1. The number of ether oxygens (including phenoxy) is 2. The van der Waals surface area contributed by atoms with E-state index in [1.807, 2.05) is 36.4 Å². The molecule has 4 rings (SSSR count). The Hall–Kier alpha value is -4.18. The molecule has 1 aliphatic carbocycles. The number of primary amides is 1. The zero-order valence-corrected chi connectivity index (χ0v) is 25.5. The number of hydrogen-bond donors (Lipinski definition) is 3. The van der Waals surface area contributed by atoms with Crippen molar-refractivity contribution in [2.24, 2.45) is 11.7 Å². The molecule has 3 amide bonds. The van der Waals surface area contributed by atoms with E-state index in [0.29, 0.717) is 48.3 Å². The number of carbonyl (C=O) groups is 2. The lowest BCUT2D eigenvalue weighted by molar-refractivity contribution is -0.122. The van der Waals surface area contributed by atoms with Gasteiger partial charge in [0.05, 0.1) is 13.3 Å². The molecule has 0 bridgehead atoms. The van der Waals surface area contributed by atoms with Crippen LogP contribution in [0, 0.1) is 11.7 Å². The molecule has 1 aromatic heterocycles. The highest BCUT2D eigenvalue weighted by molar-refractivity contribution is 5.81. The summed E-state index contributed by atoms with van der Waals surface area (Å²) in [4.78, 5) is 29.7. The van der Waals surface area contributed by atoms with Gasteiger partial charge in [-0.05, 0) is 86.8 Å². The second-order valence-electron chi connectivity index (χ2n) is 11.6. The molecular weight excluding hydrogens is 549 g/mol. The summed E-state index contributed by atoms with van der Waals surface area (Å²) < 4.78 is 26.5. The summed E-state index contributed by atoms with van der Waals surface area (Å²) in [5.74, 6) is 0.754. The Morgan fingerprint density at radius 2 is 1.79 bits per heavy atom. The maximum absolute atomic E-state index is 15.0. The summed E-state index contributed by atoms with van der Waals surface area (Å²) in [6.45, 7) is 9.57. The Balaban J connectivity index is 1.56. The van der Waals surface area contributed by atoms with Crippen LogP contribution in [0.25, 0.3) is 11.1 Å². The quantitative estimate of drug-likeness (QED) is 0.220. The third kappa shape index (κ3) is 8.67. The van der Waals surface area contributed by atoms with Crippen LogP contribution in [-0.4, -0.2) is 41.0 Å². The van der Waals surface area contributed by atoms with Gasteiger partial charge in [-0.3, -0.25) is 15.1 Å². The summed E-state index contributed by atoms with van der Waals surface area (Å²) in [7, 11) is 1.52. The highest BCUT2D eigenvalue weighted by Gasteiger charge is 2.34. The molecular formula is C33H42FN5O4. The van der Waals surface area contributed by atoms with Crippen LogP contribution in [0.2, 0.25) is 0 Å². The van der Waals surface area contributed by atoms with Crippen LogP contribution >= 0.6 is 0 Å². The fraction of sp³-hybridized carbons (Fsp3) is 0.424. The molecule has 10 heteroatoms. The van der Waals surface area contributed by atoms with Crippen molar-refractivity contribution in [2.45, 2.75) is 78.1 Å². The van der Waals surface area contributed by atoms with Crippen molar-refractivity contribution in [3.05, 3.63) is 77.2 Å². The predicted octanol–water partition coefficient (Wildman–Crippen LogP) is 5.68. The first-order valence-corrected chi connectivity index (χ1v) is 14.7. The van der Waals surface area contributed by atoms with Gasteiger partial charge in [0.2, 0.25) is 11.8 Å². The van der Waals surface area contributed by atoms with Crippen LogP contribution in [0.4, 0.5) is 9.18 Å². The van der Waals surface area contributed by atoms with Gasteiger partial charge in [-0.1, -0.05) is 30.3 Å². The van der Waals surface area contributed by atoms with E-state index in [9.17, 15) is 9.59 Å². The molecule has 9 nitrogen and oxygen atoms in total. The van der Waals surface area contributed by atoms with Crippen LogP contribution in [0.1, 0.15) is 69.6 Å². The standard InChI is InChI=1S/C33H42FN5O4/c1-20(2)39(21(3)4)18-25-13-22(9-12-27(25)29-16-32(42-5)36-17-30(29)34)19-43-26-8-6-7-24(14-26)28(23-10-11-23)15-31(40)37-38-33(35)41/h6-9,12-14,16-17,20-21,23,28H,10-11,15,18-19H2,1-5H3,(H,37,40)(H3,35,38,41)/t28-/m0/s1. The third-order valence-corrected chi connectivity index (χ3v) is 7.79. The second kappa shape index (κ2) is 14.3. The monoisotopic (exact) mass is 591 g/mol.